The summed E-state index contributed by atoms with van der Waals surface area (Å²) in [6.45, 7) is 1.04. The van der Waals surface area contributed by atoms with Gasteiger partial charge in [-0.05, 0) is 30.9 Å². The zero-order chi connectivity index (χ0) is 14.9. The average Bonchev–Trinajstić information content (AvgIpc) is 2.74. The fourth-order valence-electron chi connectivity index (χ4n) is 2.51. The van der Waals surface area contributed by atoms with Gasteiger partial charge in [-0.25, -0.2) is 21.9 Å². The van der Waals surface area contributed by atoms with Gasteiger partial charge < -0.3 is 5.11 Å². The van der Waals surface area contributed by atoms with Crippen molar-refractivity contribution in [3.05, 3.63) is 29.3 Å². The smallest absolute Gasteiger partial charge is 0.243 e. The van der Waals surface area contributed by atoms with Gasteiger partial charge in [0.2, 0.25) is 10.0 Å². The number of hydrogen-bond donors (Lipinski definition) is 2. The molecular formula is C13H17F2NO3S. The largest absolute Gasteiger partial charge is 0.391 e. The molecule has 2 unspecified atom stereocenters. The Morgan fingerprint density at radius 3 is 2.60 bits per heavy atom. The van der Waals surface area contributed by atoms with Crippen LogP contribution in [0.15, 0.2) is 17.0 Å². The van der Waals surface area contributed by atoms with Crippen molar-refractivity contribution in [1.82, 2.24) is 4.72 Å². The second kappa shape index (κ2) is 5.75. The highest BCUT2D eigenvalue weighted by Gasteiger charge is 2.30. The van der Waals surface area contributed by atoms with E-state index in [2.05, 4.69) is 4.72 Å². The lowest BCUT2D eigenvalue weighted by Crippen LogP contribution is -2.37. The number of aliphatic hydroxyl groups excluding tert-OH is 1. The van der Waals surface area contributed by atoms with Gasteiger partial charge in [-0.2, -0.15) is 0 Å². The lowest BCUT2D eigenvalue weighted by Gasteiger charge is -2.18. The van der Waals surface area contributed by atoms with E-state index in [-0.39, 0.29) is 12.0 Å². The fraction of sp³-hybridized carbons (Fsp3) is 0.538. The van der Waals surface area contributed by atoms with Gasteiger partial charge in [-0.1, -0.05) is 13.3 Å². The first kappa shape index (κ1) is 15.3. The van der Waals surface area contributed by atoms with Crippen LogP contribution in [0, 0.1) is 17.6 Å². The maximum Gasteiger partial charge on any atom is 0.243 e. The van der Waals surface area contributed by atoms with E-state index in [4.69, 9.17) is 5.11 Å². The molecule has 0 heterocycles. The zero-order valence-corrected chi connectivity index (χ0v) is 11.9. The van der Waals surface area contributed by atoms with E-state index in [1.807, 2.05) is 6.92 Å². The van der Waals surface area contributed by atoms with Crippen molar-refractivity contribution in [3.63, 3.8) is 0 Å². The Morgan fingerprint density at radius 1 is 1.35 bits per heavy atom. The first-order valence-corrected chi connectivity index (χ1v) is 7.95. The molecule has 112 valence electrons. The van der Waals surface area contributed by atoms with Gasteiger partial charge >= 0.3 is 0 Å². The lowest BCUT2D eigenvalue weighted by atomic mass is 10.1. The fourth-order valence-corrected chi connectivity index (χ4v) is 3.99. The quantitative estimate of drug-likeness (QED) is 0.893. The number of rotatable bonds is 4. The van der Waals surface area contributed by atoms with Crippen LogP contribution < -0.4 is 4.72 Å². The summed E-state index contributed by atoms with van der Waals surface area (Å²) in [7, 11) is -4.06. The Balaban J connectivity index is 2.35. The van der Waals surface area contributed by atoms with Crippen LogP contribution in [-0.2, 0) is 16.6 Å². The van der Waals surface area contributed by atoms with E-state index in [1.54, 1.807) is 0 Å². The molecule has 0 saturated heterocycles. The minimum atomic E-state index is -4.06. The van der Waals surface area contributed by atoms with E-state index in [0.717, 1.165) is 25.0 Å². The van der Waals surface area contributed by atoms with E-state index in [9.17, 15) is 17.2 Å². The summed E-state index contributed by atoms with van der Waals surface area (Å²) >= 11 is 0. The molecule has 0 spiro atoms. The molecule has 2 rings (SSSR count). The van der Waals surface area contributed by atoms with Crippen molar-refractivity contribution in [2.75, 3.05) is 0 Å². The van der Waals surface area contributed by atoms with Crippen molar-refractivity contribution in [2.45, 2.75) is 43.7 Å². The molecule has 20 heavy (non-hydrogen) atoms. The van der Waals surface area contributed by atoms with E-state index in [1.165, 1.54) is 0 Å². The third-order valence-corrected chi connectivity index (χ3v) is 5.27. The standard InChI is InChI=1S/C13H17F2NO3S/c1-8-3-2-4-11(8)16-20(18,19)12-6-5-10(14)9(7-17)13(12)15/h5-6,8,11,16-17H,2-4,7H2,1H3. The summed E-state index contributed by atoms with van der Waals surface area (Å²) in [6, 6.07) is 1.49. The van der Waals surface area contributed by atoms with Gasteiger partial charge in [0.1, 0.15) is 10.7 Å². The molecule has 1 aliphatic rings. The summed E-state index contributed by atoms with van der Waals surface area (Å²) < 4.78 is 54.1. The minimum Gasteiger partial charge on any atom is -0.391 e. The van der Waals surface area contributed by atoms with Crippen LogP contribution in [0.25, 0.3) is 0 Å². The highest BCUT2D eigenvalue weighted by Crippen LogP contribution is 2.27. The second-order valence-electron chi connectivity index (χ2n) is 5.13. The van der Waals surface area contributed by atoms with Gasteiger partial charge in [0.25, 0.3) is 0 Å². The molecule has 1 aromatic carbocycles. The molecule has 4 nitrogen and oxygen atoms in total. The normalized spacial score (nSPS) is 23.2. The third kappa shape index (κ3) is 2.84. The average molecular weight is 305 g/mol. The SMILES string of the molecule is CC1CCCC1NS(=O)(=O)c1ccc(F)c(CO)c1F. The maximum atomic E-state index is 14.0. The first-order chi connectivity index (χ1) is 9.36. The summed E-state index contributed by atoms with van der Waals surface area (Å²) in [6.07, 6.45) is 2.54. The third-order valence-electron chi connectivity index (χ3n) is 3.77. The number of aliphatic hydroxyl groups is 1. The summed E-state index contributed by atoms with van der Waals surface area (Å²) in [5.41, 5.74) is -0.632. The van der Waals surface area contributed by atoms with E-state index in [0.29, 0.717) is 6.42 Å². The molecule has 0 aliphatic heterocycles. The first-order valence-electron chi connectivity index (χ1n) is 6.47. The predicted molar refractivity (Wildman–Crippen MR) is 69.4 cm³/mol. The molecule has 1 aliphatic carbocycles. The monoisotopic (exact) mass is 305 g/mol. The van der Waals surface area contributed by atoms with Crippen LogP contribution in [-0.4, -0.2) is 19.6 Å². The molecule has 7 heteroatoms. The van der Waals surface area contributed by atoms with E-state index >= 15 is 0 Å². The summed E-state index contributed by atoms with van der Waals surface area (Å²) in [4.78, 5) is -0.623. The van der Waals surface area contributed by atoms with Crippen LogP contribution in [0.2, 0.25) is 0 Å². The topological polar surface area (TPSA) is 66.4 Å². The van der Waals surface area contributed by atoms with E-state index < -0.39 is 38.7 Å². The molecule has 0 amide bonds. The Bertz CT molecular complexity index is 604. The highest BCUT2D eigenvalue weighted by atomic mass is 32.2. The Labute approximate surface area is 116 Å². The number of hydrogen-bond acceptors (Lipinski definition) is 3. The predicted octanol–water partition coefficient (Wildman–Crippen LogP) is 1.92. The van der Waals surface area contributed by atoms with Crippen LogP contribution >= 0.6 is 0 Å². The van der Waals surface area contributed by atoms with Crippen molar-refractivity contribution in [3.8, 4) is 0 Å². The Hall–Kier alpha value is -1.05. The number of nitrogens with one attached hydrogen (secondary N) is 1. The number of halogens is 2. The molecule has 1 saturated carbocycles. The second-order valence-corrected chi connectivity index (χ2v) is 6.81. The molecular weight excluding hydrogens is 288 g/mol. The summed E-state index contributed by atoms with van der Waals surface area (Å²) in [5.74, 6) is -2.01. The molecule has 0 aromatic heterocycles. The van der Waals surface area contributed by atoms with Gasteiger partial charge in [-0.3, -0.25) is 0 Å². The highest BCUT2D eigenvalue weighted by molar-refractivity contribution is 7.89. The van der Waals surface area contributed by atoms with Gasteiger partial charge in [-0.15, -0.1) is 0 Å². The maximum absolute atomic E-state index is 14.0. The number of benzene rings is 1. The van der Waals surface area contributed by atoms with Crippen molar-refractivity contribution in [1.29, 1.82) is 0 Å². The van der Waals surface area contributed by atoms with Crippen LogP contribution in [0.5, 0.6) is 0 Å². The Kier molecular flexibility index (Phi) is 4.41. The van der Waals surface area contributed by atoms with Gasteiger partial charge in [0, 0.05) is 6.04 Å². The molecule has 0 bridgehead atoms. The minimum absolute atomic E-state index is 0.186. The molecule has 0 radical (unpaired) electrons. The molecule has 1 aromatic rings. The van der Waals surface area contributed by atoms with Crippen molar-refractivity contribution >= 4 is 10.0 Å². The van der Waals surface area contributed by atoms with Crippen LogP contribution in [0.3, 0.4) is 0 Å². The molecule has 1 fully saturated rings. The Morgan fingerprint density at radius 2 is 2.05 bits per heavy atom. The van der Waals surface area contributed by atoms with Gasteiger partial charge in [0.15, 0.2) is 5.82 Å². The van der Waals surface area contributed by atoms with Crippen molar-refractivity contribution in [2.24, 2.45) is 5.92 Å². The zero-order valence-electron chi connectivity index (χ0n) is 11.1. The van der Waals surface area contributed by atoms with Crippen LogP contribution in [0.4, 0.5) is 8.78 Å². The molecule has 2 N–H and O–H groups in total. The van der Waals surface area contributed by atoms with Crippen LogP contribution in [0.1, 0.15) is 31.7 Å². The molecule has 2 atom stereocenters. The van der Waals surface area contributed by atoms with Gasteiger partial charge in [0.05, 0.1) is 12.2 Å². The lowest BCUT2D eigenvalue weighted by molar-refractivity contribution is 0.267. The van der Waals surface area contributed by atoms with Crippen molar-refractivity contribution < 1.29 is 22.3 Å². The summed E-state index contributed by atoms with van der Waals surface area (Å²) in [5, 5.41) is 8.92. The number of sulfonamides is 1.